The summed E-state index contributed by atoms with van der Waals surface area (Å²) in [5, 5.41) is 5.75. The third-order valence-electron chi connectivity index (χ3n) is 13.0. The Hall–Kier alpha value is -5.21. The number of nitrogens with one attached hydrogen (secondary N) is 2. The lowest BCUT2D eigenvalue weighted by Crippen LogP contribution is -2.66. The normalized spacial score (nSPS) is 21.7. The molecule has 0 unspecified atom stereocenters. The van der Waals surface area contributed by atoms with Crippen molar-refractivity contribution in [2.24, 2.45) is 17.3 Å². The summed E-state index contributed by atoms with van der Waals surface area (Å²) in [6, 6.07) is 17.9. The standard InChI is InChI=1S/C50H64N6O7/c1-9-44(58)54-26-37(27-54)63-28-41(32(3)4)47(59)52-42-23-34-14-11-15-35(22-34)36-17-18-43-39(24-36)40(46(55(43)10-2)38-16-12-20-51-45(38)33(5)61-8)25-49(6,7)30-62-31-50(29-57)19-13-21-56(53-50)48(42)60/h9,11-12,14-18,20,22,24,29,32-33,37,41-42,53H,1,10,13,19,21,23,25-28,30-31H2,2-8H3,(H,52,59)/t33-,41-,42-,50-/m0/s1. The van der Waals surface area contributed by atoms with Gasteiger partial charge >= 0.3 is 0 Å². The number of fused-ring (bicyclic) bond motifs is 6. The second-order valence-corrected chi connectivity index (χ2v) is 18.6. The van der Waals surface area contributed by atoms with Gasteiger partial charge in [0.2, 0.25) is 11.8 Å². The highest BCUT2D eigenvalue weighted by molar-refractivity contribution is 5.95. The highest BCUT2D eigenvalue weighted by atomic mass is 16.5. The smallest absolute Gasteiger partial charge is 0.259 e. The monoisotopic (exact) mass is 860 g/mol. The Bertz CT molecular complexity index is 2330. The van der Waals surface area contributed by atoms with Crippen molar-refractivity contribution in [3.05, 3.63) is 90.3 Å². The van der Waals surface area contributed by atoms with Gasteiger partial charge < -0.3 is 33.8 Å². The van der Waals surface area contributed by atoms with Gasteiger partial charge in [0, 0.05) is 62.4 Å². The van der Waals surface area contributed by atoms with Crippen molar-refractivity contribution in [3.8, 4) is 22.4 Å². The lowest BCUT2D eigenvalue weighted by atomic mass is 9.84. The number of benzene rings is 2. The van der Waals surface area contributed by atoms with Crippen LogP contribution in [0.1, 0.15) is 77.3 Å². The van der Waals surface area contributed by atoms with E-state index in [1.807, 2.05) is 45.2 Å². The third-order valence-corrected chi connectivity index (χ3v) is 13.0. The van der Waals surface area contributed by atoms with E-state index in [4.69, 9.17) is 19.2 Å². The van der Waals surface area contributed by atoms with Crippen LogP contribution in [0.25, 0.3) is 33.3 Å². The number of hydrazine groups is 1. The fourth-order valence-corrected chi connectivity index (χ4v) is 9.28. The van der Waals surface area contributed by atoms with Crippen LogP contribution < -0.4 is 10.7 Å². The number of nitrogens with zero attached hydrogens (tertiary/aromatic N) is 4. The maximum Gasteiger partial charge on any atom is 0.259 e. The highest BCUT2D eigenvalue weighted by Gasteiger charge is 2.41. The minimum absolute atomic E-state index is 0.0678. The van der Waals surface area contributed by atoms with Gasteiger partial charge in [-0.15, -0.1) is 0 Å². The fraction of sp³-hybridized carbons (Fsp3) is 0.500. The highest BCUT2D eigenvalue weighted by Crippen LogP contribution is 2.42. The summed E-state index contributed by atoms with van der Waals surface area (Å²) in [5.41, 5.74) is 9.91. The summed E-state index contributed by atoms with van der Waals surface area (Å²) in [7, 11) is 1.70. The minimum Gasteiger partial charge on any atom is -0.378 e. The Labute approximate surface area is 371 Å². The van der Waals surface area contributed by atoms with Gasteiger partial charge in [0.1, 0.15) is 17.9 Å². The molecule has 3 aliphatic heterocycles. The average Bonchev–Trinajstić information content (AvgIpc) is 3.56. The molecule has 3 aliphatic rings. The van der Waals surface area contributed by atoms with Crippen molar-refractivity contribution >= 4 is 34.9 Å². The van der Waals surface area contributed by atoms with Crippen LogP contribution in [0, 0.1) is 17.3 Å². The zero-order chi connectivity index (χ0) is 45.1. The van der Waals surface area contributed by atoms with Crippen molar-refractivity contribution in [2.45, 2.75) is 97.6 Å². The summed E-state index contributed by atoms with van der Waals surface area (Å²) in [4.78, 5) is 60.4. The number of methoxy groups -OCH3 is 1. The molecule has 2 saturated heterocycles. The summed E-state index contributed by atoms with van der Waals surface area (Å²) in [5.74, 6) is -1.43. The molecule has 2 aromatic carbocycles. The fourth-order valence-electron chi connectivity index (χ4n) is 9.28. The van der Waals surface area contributed by atoms with Crippen LogP contribution in [0.15, 0.2) is 73.4 Å². The quantitative estimate of drug-likeness (QED) is 0.121. The first-order valence-electron chi connectivity index (χ1n) is 22.4. The summed E-state index contributed by atoms with van der Waals surface area (Å²) in [6.07, 6.45) is 5.50. The number of ether oxygens (including phenoxy) is 3. The molecule has 2 aromatic heterocycles. The second kappa shape index (κ2) is 19.3. The number of hydrogen-bond acceptors (Lipinski definition) is 9. The Balaban J connectivity index is 1.28. The van der Waals surface area contributed by atoms with Gasteiger partial charge in [-0.05, 0) is 97.0 Å². The number of amides is 3. The van der Waals surface area contributed by atoms with E-state index in [0.717, 1.165) is 57.4 Å². The number of carbonyl (C=O) groups excluding carboxylic acids is 4. The molecule has 0 saturated carbocycles. The van der Waals surface area contributed by atoms with Crippen LogP contribution in [0.3, 0.4) is 0 Å². The summed E-state index contributed by atoms with van der Waals surface area (Å²) < 4.78 is 20.8. The minimum atomic E-state index is -1.14. The molecule has 6 bridgehead atoms. The molecule has 336 valence electrons. The predicted octanol–water partition coefficient (Wildman–Crippen LogP) is 6.47. The lowest BCUT2D eigenvalue weighted by Gasteiger charge is -2.42. The SMILES string of the molecule is C=CC(=O)N1CC(OC[C@H](C(=O)N[C@H]2Cc3cccc(c3)-c3ccc4c(c3)c(c(-c3cccnc3[C@H](C)OC)n4CC)CC(C)(C)COC[C@@]3(C=O)CCCN(N3)C2=O)C(C)C)C1. The molecule has 5 heterocycles. The molecule has 63 heavy (non-hydrogen) atoms. The van der Waals surface area contributed by atoms with Crippen molar-refractivity contribution in [2.75, 3.05) is 46.6 Å². The molecule has 0 spiro atoms. The zero-order valence-corrected chi connectivity index (χ0v) is 37.9. The van der Waals surface area contributed by atoms with Crippen molar-refractivity contribution in [3.63, 3.8) is 0 Å². The van der Waals surface area contributed by atoms with Crippen LogP contribution >= 0.6 is 0 Å². The van der Waals surface area contributed by atoms with Crippen LogP contribution in [0.2, 0.25) is 0 Å². The number of pyridine rings is 1. The number of likely N-dealkylation sites (tertiary alicyclic amines) is 1. The van der Waals surface area contributed by atoms with Gasteiger partial charge in [-0.25, -0.2) is 5.43 Å². The topological polar surface area (TPSA) is 144 Å². The average molecular weight is 861 g/mol. The van der Waals surface area contributed by atoms with Crippen LogP contribution in [-0.4, -0.2) is 108 Å². The summed E-state index contributed by atoms with van der Waals surface area (Å²) in [6.45, 7) is 18.6. The van der Waals surface area contributed by atoms with Crippen molar-refractivity contribution in [1.82, 2.24) is 30.2 Å². The molecule has 4 aromatic rings. The summed E-state index contributed by atoms with van der Waals surface area (Å²) >= 11 is 0. The van der Waals surface area contributed by atoms with E-state index in [2.05, 4.69) is 79.1 Å². The van der Waals surface area contributed by atoms with Gasteiger partial charge in [0.15, 0.2) is 0 Å². The molecule has 2 N–H and O–H groups in total. The molecular weight excluding hydrogens is 797 g/mol. The van der Waals surface area contributed by atoms with Crippen molar-refractivity contribution < 1.29 is 33.4 Å². The third kappa shape index (κ3) is 9.82. The molecule has 0 aliphatic carbocycles. The Morgan fingerprint density at radius 2 is 1.86 bits per heavy atom. The predicted molar refractivity (Wildman–Crippen MR) is 243 cm³/mol. The van der Waals surface area contributed by atoms with E-state index in [0.29, 0.717) is 45.5 Å². The first-order chi connectivity index (χ1) is 30.2. The van der Waals surface area contributed by atoms with Gasteiger partial charge in [-0.1, -0.05) is 64.6 Å². The number of rotatable bonds is 12. The first-order valence-corrected chi connectivity index (χ1v) is 22.4. The largest absolute Gasteiger partial charge is 0.378 e. The number of carbonyl (C=O) groups is 4. The molecule has 3 amide bonds. The van der Waals surface area contributed by atoms with Gasteiger partial charge in [0.05, 0.1) is 49.3 Å². The molecule has 0 radical (unpaired) electrons. The Kier molecular flexibility index (Phi) is 14.0. The maximum atomic E-state index is 14.7. The number of aldehydes is 1. The van der Waals surface area contributed by atoms with Gasteiger partial charge in [-0.2, -0.15) is 0 Å². The second-order valence-electron chi connectivity index (χ2n) is 18.6. The molecule has 2 fully saturated rings. The number of hydrogen-bond donors (Lipinski definition) is 2. The molecule has 7 rings (SSSR count). The van der Waals surface area contributed by atoms with E-state index < -0.39 is 17.5 Å². The van der Waals surface area contributed by atoms with E-state index in [-0.39, 0.29) is 60.9 Å². The molecule has 13 heteroatoms. The van der Waals surface area contributed by atoms with E-state index in [9.17, 15) is 19.2 Å². The number of aryl methyl sites for hydroxylation is 1. The molecule has 13 nitrogen and oxygen atoms in total. The molecular formula is C50H64N6O7. The van der Waals surface area contributed by atoms with Crippen LogP contribution in [-0.2, 0) is 52.8 Å². The van der Waals surface area contributed by atoms with E-state index in [1.165, 1.54) is 16.6 Å². The number of aromatic nitrogens is 2. The Morgan fingerprint density at radius 3 is 2.57 bits per heavy atom. The lowest BCUT2D eigenvalue weighted by molar-refractivity contribution is -0.149. The van der Waals surface area contributed by atoms with E-state index >= 15 is 0 Å². The van der Waals surface area contributed by atoms with Gasteiger partial charge in [0.25, 0.3) is 5.91 Å². The maximum absolute atomic E-state index is 14.7. The van der Waals surface area contributed by atoms with Crippen molar-refractivity contribution in [1.29, 1.82) is 0 Å². The first kappa shape index (κ1) is 45.8. The van der Waals surface area contributed by atoms with Gasteiger partial charge in [-0.3, -0.25) is 24.4 Å². The van der Waals surface area contributed by atoms with Crippen LogP contribution in [0.5, 0.6) is 0 Å². The zero-order valence-electron chi connectivity index (χ0n) is 37.9. The Morgan fingerprint density at radius 1 is 1.08 bits per heavy atom. The van der Waals surface area contributed by atoms with Crippen LogP contribution in [0.4, 0.5) is 0 Å². The molecule has 4 atom stereocenters. The van der Waals surface area contributed by atoms with E-state index in [1.54, 1.807) is 12.0 Å².